The first-order valence-corrected chi connectivity index (χ1v) is 44.5. The molecule has 0 aliphatic carbocycles. The number of fused-ring (bicyclic) bond motifs is 18. The van der Waals surface area contributed by atoms with Gasteiger partial charge in [-0.2, -0.15) is 0 Å². The fourth-order valence-electron chi connectivity index (χ4n) is 19.8. The second-order valence-corrected chi connectivity index (χ2v) is 33.4. The number of hydrogen-bond donors (Lipinski definition) is 0. The summed E-state index contributed by atoms with van der Waals surface area (Å²) < 4.78 is 13.7. The lowest BCUT2D eigenvalue weighted by atomic mass is 9.94. The topological polar surface area (TPSA) is 107 Å². The molecule has 0 amide bonds. The van der Waals surface area contributed by atoms with Crippen LogP contribution < -0.4 is 0 Å². The number of rotatable bonds is 12. The third kappa shape index (κ3) is 13.1. The lowest BCUT2D eigenvalue weighted by Gasteiger charge is -2.12. The second-order valence-electron chi connectivity index (χ2n) is 33.4. The van der Waals surface area contributed by atoms with Gasteiger partial charge in [-0.1, -0.05) is 309 Å². The molecule has 27 rings (SSSR count). The quantitative estimate of drug-likeness (QED) is 0.121. The van der Waals surface area contributed by atoms with Crippen LogP contribution in [-0.4, -0.2) is 57.3 Å². The minimum Gasteiger partial charge on any atom is -0.309 e. The average molecular weight is 1690 g/mol. The van der Waals surface area contributed by atoms with E-state index < -0.39 is 0 Å². The highest BCUT2D eigenvalue weighted by Gasteiger charge is 2.25. The molecule has 0 unspecified atom stereocenters. The second kappa shape index (κ2) is 32.1. The molecule has 0 aliphatic rings. The van der Waals surface area contributed by atoms with Crippen molar-refractivity contribution in [2.24, 2.45) is 0 Å². The SMILES string of the molecule is c1ccc(-c2cc(-c3ccccc3)cc(-c3cnc(-n4c5ccccc5c5cc6c7ccccc7n(-c7ccccc7)c6cc54)nc3)c2)cc1.c1ccc(-c2ccc(-c3cnc(-n4c5ccccc5c5cc6c7ccccc7n(-c7ccccc7)c6cc54)nc3)cc2)cc1.c1ccc(-c2cnc(-n3c4ccccc4c4cc5c6ccccc6n(-c6ccccc6)c5cc43)nc2)cc1. The summed E-state index contributed by atoms with van der Waals surface area (Å²) in [6.45, 7) is 0. The molecule has 0 spiro atoms. The average Bonchev–Trinajstić information content (AvgIpc) is 1.57. The Kier molecular flexibility index (Phi) is 18.6. The van der Waals surface area contributed by atoms with Crippen LogP contribution in [0.25, 0.3) is 233 Å². The molecule has 9 aromatic heterocycles. The number of benzene rings is 18. The van der Waals surface area contributed by atoms with Gasteiger partial charge >= 0.3 is 0 Å². The summed E-state index contributed by atoms with van der Waals surface area (Å²) in [6.07, 6.45) is 11.6. The molecule has 0 aliphatic heterocycles. The van der Waals surface area contributed by atoms with Crippen LogP contribution in [0.15, 0.2) is 474 Å². The van der Waals surface area contributed by atoms with Gasteiger partial charge in [0.05, 0.1) is 66.2 Å². The minimum atomic E-state index is 0.643. The first-order chi connectivity index (χ1) is 65.5. The fraction of sp³-hybridized carbons (Fsp3) is 0. The van der Waals surface area contributed by atoms with E-state index in [1.807, 2.05) is 61.4 Å². The van der Waals surface area contributed by atoms with E-state index in [1.54, 1.807) is 0 Å². The molecular formula is C120H78N12. The van der Waals surface area contributed by atoms with Gasteiger partial charge in [0.2, 0.25) is 17.8 Å². The molecule has 0 N–H and O–H groups in total. The molecular weight excluding hydrogens is 1610 g/mol. The normalized spacial score (nSPS) is 11.6. The van der Waals surface area contributed by atoms with E-state index in [1.165, 1.54) is 103 Å². The van der Waals surface area contributed by atoms with Crippen molar-refractivity contribution in [3.8, 4) is 102 Å². The Morgan fingerprint density at radius 1 is 0.114 bits per heavy atom. The van der Waals surface area contributed by atoms with Gasteiger partial charge in [-0.3, -0.25) is 13.7 Å². The third-order valence-corrected chi connectivity index (χ3v) is 25.9. The van der Waals surface area contributed by atoms with Gasteiger partial charge in [0.25, 0.3) is 0 Å². The molecule has 12 nitrogen and oxygen atoms in total. The zero-order valence-electron chi connectivity index (χ0n) is 71.4. The highest BCUT2D eigenvalue weighted by atomic mass is 15.2. The highest BCUT2D eigenvalue weighted by Crippen LogP contribution is 2.45. The molecule has 12 heteroatoms. The van der Waals surface area contributed by atoms with Crippen LogP contribution in [0.3, 0.4) is 0 Å². The monoisotopic (exact) mass is 1690 g/mol. The van der Waals surface area contributed by atoms with Gasteiger partial charge < -0.3 is 13.7 Å². The Labute approximate surface area is 758 Å². The van der Waals surface area contributed by atoms with E-state index >= 15 is 0 Å². The van der Waals surface area contributed by atoms with Gasteiger partial charge in [-0.05, 0) is 177 Å². The van der Waals surface area contributed by atoms with Crippen molar-refractivity contribution < 1.29 is 0 Å². The van der Waals surface area contributed by atoms with Crippen LogP contribution in [0.2, 0.25) is 0 Å². The van der Waals surface area contributed by atoms with Crippen molar-refractivity contribution in [1.82, 2.24) is 57.3 Å². The van der Waals surface area contributed by atoms with Crippen LogP contribution in [0.1, 0.15) is 0 Å². The minimum absolute atomic E-state index is 0.643. The van der Waals surface area contributed by atoms with E-state index in [0.29, 0.717) is 17.8 Å². The summed E-state index contributed by atoms with van der Waals surface area (Å²) in [6, 6.07) is 154. The third-order valence-electron chi connectivity index (χ3n) is 25.9. The van der Waals surface area contributed by atoms with Gasteiger partial charge in [-0.15, -0.1) is 0 Å². The first-order valence-electron chi connectivity index (χ1n) is 44.5. The summed E-state index contributed by atoms with van der Waals surface area (Å²) in [5, 5.41) is 14.5. The van der Waals surface area contributed by atoms with E-state index in [4.69, 9.17) is 29.9 Å². The lowest BCUT2D eigenvalue weighted by Crippen LogP contribution is -2.01. The van der Waals surface area contributed by atoms with Gasteiger partial charge in [0.15, 0.2) is 0 Å². The highest BCUT2D eigenvalue weighted by molar-refractivity contribution is 6.22. The summed E-state index contributed by atoms with van der Waals surface area (Å²) in [4.78, 5) is 29.6. The molecule has 27 aromatic rings. The molecule has 618 valence electrons. The maximum atomic E-state index is 5.05. The van der Waals surface area contributed by atoms with Crippen LogP contribution in [0.4, 0.5) is 0 Å². The molecule has 0 bridgehead atoms. The maximum Gasteiger partial charge on any atom is 0.234 e. The zero-order chi connectivity index (χ0) is 87.1. The smallest absolute Gasteiger partial charge is 0.234 e. The van der Waals surface area contributed by atoms with Crippen molar-refractivity contribution in [3.63, 3.8) is 0 Å². The standard InChI is InChI=1S/C46H30N4.C40H26N4.C34H22N4/c1-4-14-31(15-5-1)33-24-34(32-16-6-2-7-17-32)26-35(25-33)36-29-47-46(48-30-36)50-43-23-13-11-21-39(43)41-27-40-38-20-10-12-22-42(38)49(44(40)28-45(41)50)37-18-8-3-9-19-37;1-3-11-27(12-4-1)28-19-21-29(22-20-28)30-25-41-40(42-26-30)44-37-18-10-8-16-33(37)35-23-34-32-15-7-9-17-36(32)43(38(34)24-39(35)44)31-13-5-2-6-14-31;1-3-11-23(12-4-1)24-21-35-34(36-22-24)38-31-18-10-8-16-27(31)29-19-28-26-15-7-9-17-30(26)37(32(28)20-33(29)38)25-13-5-2-6-14-25/h1-30H;1-26H;1-22H. The lowest BCUT2D eigenvalue weighted by molar-refractivity contribution is 0.990. The van der Waals surface area contributed by atoms with E-state index in [-0.39, 0.29) is 0 Å². The van der Waals surface area contributed by atoms with Crippen molar-refractivity contribution in [2.45, 2.75) is 0 Å². The van der Waals surface area contributed by atoms with Gasteiger partial charge in [0, 0.05) is 136 Å². The largest absolute Gasteiger partial charge is 0.309 e. The molecule has 0 saturated heterocycles. The summed E-state index contributed by atoms with van der Waals surface area (Å²) in [5.74, 6) is 1.96. The van der Waals surface area contributed by atoms with E-state index in [9.17, 15) is 0 Å². The van der Waals surface area contributed by atoms with Gasteiger partial charge in [-0.25, -0.2) is 29.9 Å². The maximum absolute atomic E-state index is 5.05. The van der Waals surface area contributed by atoms with Crippen molar-refractivity contribution >= 4 is 131 Å². The Bertz CT molecular complexity index is 9010. The molecule has 0 fully saturated rings. The van der Waals surface area contributed by atoms with Crippen molar-refractivity contribution in [1.29, 1.82) is 0 Å². The van der Waals surface area contributed by atoms with Crippen molar-refractivity contribution in [2.75, 3.05) is 0 Å². The summed E-state index contributed by atoms with van der Waals surface area (Å²) in [7, 11) is 0. The molecule has 132 heavy (non-hydrogen) atoms. The number of aromatic nitrogens is 12. The fourth-order valence-corrected chi connectivity index (χ4v) is 19.8. The van der Waals surface area contributed by atoms with E-state index in [0.717, 1.165) is 111 Å². The van der Waals surface area contributed by atoms with Crippen LogP contribution in [0.5, 0.6) is 0 Å². The zero-order valence-corrected chi connectivity index (χ0v) is 71.4. The molecule has 9 heterocycles. The van der Waals surface area contributed by atoms with E-state index in [2.05, 4.69) is 440 Å². The molecule has 0 atom stereocenters. The van der Waals surface area contributed by atoms with Crippen LogP contribution in [0, 0.1) is 0 Å². The van der Waals surface area contributed by atoms with Crippen LogP contribution >= 0.6 is 0 Å². The Morgan fingerprint density at radius 3 is 0.545 bits per heavy atom. The summed E-state index contributed by atoms with van der Waals surface area (Å²) in [5.41, 5.74) is 30.3. The number of nitrogens with zero attached hydrogens (tertiary/aromatic N) is 12. The first kappa shape index (κ1) is 76.4. The number of para-hydroxylation sites is 9. The molecule has 18 aromatic carbocycles. The molecule has 0 radical (unpaired) electrons. The molecule has 0 saturated carbocycles. The predicted molar refractivity (Wildman–Crippen MR) is 545 cm³/mol. The Balaban J connectivity index is 0.000000107. The Morgan fingerprint density at radius 2 is 0.288 bits per heavy atom. The number of hydrogen-bond acceptors (Lipinski definition) is 6. The van der Waals surface area contributed by atoms with Crippen LogP contribution in [-0.2, 0) is 0 Å². The summed E-state index contributed by atoms with van der Waals surface area (Å²) >= 11 is 0. The van der Waals surface area contributed by atoms with Crippen molar-refractivity contribution in [3.05, 3.63) is 474 Å². The predicted octanol–water partition coefficient (Wildman–Crippen LogP) is 30.0. The Hall–Kier alpha value is -18.0. The van der Waals surface area contributed by atoms with Gasteiger partial charge in [0.1, 0.15) is 0 Å².